The van der Waals surface area contributed by atoms with Gasteiger partial charge in [0, 0.05) is 21.8 Å². The van der Waals surface area contributed by atoms with Crippen molar-refractivity contribution in [3.05, 3.63) is 45.8 Å². The van der Waals surface area contributed by atoms with Crippen molar-refractivity contribution in [3.8, 4) is 0 Å². The Morgan fingerprint density at radius 3 is 2.83 bits per heavy atom. The van der Waals surface area contributed by atoms with Crippen molar-refractivity contribution in [2.24, 2.45) is 0 Å². The van der Waals surface area contributed by atoms with Crippen LogP contribution in [0.3, 0.4) is 0 Å². The fraction of sp³-hybridized carbons (Fsp3) is 0.118. The van der Waals surface area contributed by atoms with Gasteiger partial charge < -0.3 is 5.73 Å². The standard InChI is InChI=1S/C17H14N4OS2/c1-8-4-3-5-10-6-11-12(18)14(24-16(11)20-13(8)10)15(22)21-17-19-7-9(2)23-17/h3-7H,18H2,1-2H3,(H,19,21,22). The van der Waals surface area contributed by atoms with Crippen LogP contribution >= 0.6 is 22.7 Å². The summed E-state index contributed by atoms with van der Waals surface area (Å²) in [7, 11) is 0. The predicted octanol–water partition coefficient (Wildman–Crippen LogP) is 4.36. The molecule has 1 amide bonds. The third-order valence-corrected chi connectivity index (χ3v) is 5.74. The Morgan fingerprint density at radius 1 is 1.25 bits per heavy atom. The lowest BCUT2D eigenvalue weighted by Crippen LogP contribution is -2.11. The number of para-hydroxylation sites is 1. The van der Waals surface area contributed by atoms with Gasteiger partial charge in [0.1, 0.15) is 9.71 Å². The molecule has 7 heteroatoms. The second-order valence-corrected chi connectivity index (χ2v) is 7.80. The minimum Gasteiger partial charge on any atom is -0.397 e. The molecule has 3 N–H and O–H groups in total. The number of nitrogens with zero attached hydrogens (tertiary/aromatic N) is 2. The number of pyridine rings is 1. The number of benzene rings is 1. The van der Waals surface area contributed by atoms with Crippen LogP contribution in [0.1, 0.15) is 20.1 Å². The number of nitrogen functional groups attached to an aromatic ring is 1. The SMILES string of the molecule is Cc1cnc(NC(=O)c2sc3nc4c(C)cccc4cc3c2N)s1. The van der Waals surface area contributed by atoms with Gasteiger partial charge in [0.25, 0.3) is 5.91 Å². The molecule has 0 radical (unpaired) electrons. The quantitative estimate of drug-likeness (QED) is 0.560. The number of thiazole rings is 1. The summed E-state index contributed by atoms with van der Waals surface area (Å²) in [6.07, 6.45) is 1.73. The van der Waals surface area contributed by atoms with Crippen LogP contribution in [0.4, 0.5) is 10.8 Å². The fourth-order valence-corrected chi connectivity index (χ4v) is 4.24. The monoisotopic (exact) mass is 354 g/mol. The Hall–Kier alpha value is -2.51. The van der Waals surface area contributed by atoms with Crippen LogP contribution in [0.5, 0.6) is 0 Å². The van der Waals surface area contributed by atoms with Gasteiger partial charge in [-0.05, 0) is 25.5 Å². The Morgan fingerprint density at radius 2 is 2.08 bits per heavy atom. The highest BCUT2D eigenvalue weighted by atomic mass is 32.1. The molecular weight excluding hydrogens is 340 g/mol. The first-order valence-corrected chi connectivity index (χ1v) is 8.98. The van der Waals surface area contributed by atoms with E-state index in [4.69, 9.17) is 10.7 Å². The number of aryl methyl sites for hydroxylation is 2. The highest BCUT2D eigenvalue weighted by Gasteiger charge is 2.19. The predicted molar refractivity (Wildman–Crippen MR) is 101 cm³/mol. The Labute approximate surface area is 146 Å². The molecule has 0 saturated heterocycles. The number of aromatic nitrogens is 2. The molecule has 0 aliphatic carbocycles. The van der Waals surface area contributed by atoms with E-state index >= 15 is 0 Å². The maximum Gasteiger partial charge on any atom is 0.269 e. The molecule has 0 aliphatic heterocycles. The number of carbonyl (C=O) groups excluding carboxylic acids is 1. The van der Waals surface area contributed by atoms with Crippen molar-refractivity contribution in [3.63, 3.8) is 0 Å². The molecule has 3 heterocycles. The van der Waals surface area contributed by atoms with E-state index in [1.165, 1.54) is 22.7 Å². The third-order valence-electron chi connectivity index (χ3n) is 3.79. The smallest absolute Gasteiger partial charge is 0.269 e. The van der Waals surface area contributed by atoms with Crippen LogP contribution in [0.15, 0.2) is 30.5 Å². The Bertz CT molecular complexity index is 1100. The Balaban J connectivity index is 1.81. The zero-order valence-corrected chi connectivity index (χ0v) is 14.7. The van der Waals surface area contributed by atoms with Crippen molar-refractivity contribution < 1.29 is 4.79 Å². The van der Waals surface area contributed by atoms with Gasteiger partial charge in [-0.3, -0.25) is 10.1 Å². The van der Waals surface area contributed by atoms with Crippen LogP contribution in [-0.4, -0.2) is 15.9 Å². The summed E-state index contributed by atoms with van der Waals surface area (Å²) in [5.74, 6) is -0.245. The number of amides is 1. The van der Waals surface area contributed by atoms with E-state index in [0.29, 0.717) is 15.7 Å². The normalized spacial score (nSPS) is 11.2. The number of fused-ring (bicyclic) bond motifs is 2. The molecule has 0 aliphatic rings. The van der Waals surface area contributed by atoms with E-state index in [1.54, 1.807) is 6.20 Å². The molecule has 120 valence electrons. The second kappa shape index (κ2) is 5.54. The highest BCUT2D eigenvalue weighted by Crippen LogP contribution is 2.35. The molecule has 0 fully saturated rings. The van der Waals surface area contributed by atoms with Crippen molar-refractivity contribution in [1.82, 2.24) is 9.97 Å². The molecule has 0 atom stereocenters. The number of anilines is 2. The summed E-state index contributed by atoms with van der Waals surface area (Å²) < 4.78 is 0. The van der Waals surface area contributed by atoms with Crippen molar-refractivity contribution >= 4 is 60.5 Å². The van der Waals surface area contributed by atoms with Gasteiger partial charge in [0.05, 0.1) is 11.2 Å². The van der Waals surface area contributed by atoms with Crippen LogP contribution in [0.25, 0.3) is 21.1 Å². The molecule has 1 aromatic carbocycles. The largest absolute Gasteiger partial charge is 0.397 e. The highest BCUT2D eigenvalue weighted by molar-refractivity contribution is 7.21. The summed E-state index contributed by atoms with van der Waals surface area (Å²) in [6, 6.07) is 8.02. The van der Waals surface area contributed by atoms with Gasteiger partial charge in [-0.25, -0.2) is 9.97 Å². The zero-order valence-electron chi connectivity index (χ0n) is 13.1. The lowest BCUT2D eigenvalue weighted by molar-refractivity contribution is 0.103. The van der Waals surface area contributed by atoms with E-state index in [9.17, 15) is 4.79 Å². The minimum absolute atomic E-state index is 0.245. The molecule has 0 bridgehead atoms. The number of nitrogens with two attached hydrogens (primary N) is 1. The molecule has 24 heavy (non-hydrogen) atoms. The maximum atomic E-state index is 12.5. The van der Waals surface area contributed by atoms with E-state index in [0.717, 1.165) is 31.6 Å². The van der Waals surface area contributed by atoms with Crippen molar-refractivity contribution in [2.45, 2.75) is 13.8 Å². The summed E-state index contributed by atoms with van der Waals surface area (Å²) >= 11 is 2.74. The number of rotatable bonds is 2. The van der Waals surface area contributed by atoms with Gasteiger partial charge in [-0.1, -0.05) is 18.2 Å². The molecule has 3 aromatic heterocycles. The van der Waals surface area contributed by atoms with Gasteiger partial charge in [-0.2, -0.15) is 0 Å². The maximum absolute atomic E-state index is 12.5. The Kier molecular flexibility index (Phi) is 3.47. The van der Waals surface area contributed by atoms with E-state index in [-0.39, 0.29) is 5.91 Å². The molecular formula is C17H14N4OS2. The van der Waals surface area contributed by atoms with Crippen molar-refractivity contribution in [1.29, 1.82) is 0 Å². The molecule has 4 rings (SSSR count). The molecule has 0 unspecified atom stereocenters. The summed E-state index contributed by atoms with van der Waals surface area (Å²) in [5.41, 5.74) is 8.73. The first-order chi connectivity index (χ1) is 11.5. The van der Waals surface area contributed by atoms with Gasteiger partial charge in [-0.15, -0.1) is 22.7 Å². The number of carbonyl (C=O) groups is 1. The van der Waals surface area contributed by atoms with Gasteiger partial charge in [0.2, 0.25) is 0 Å². The lowest BCUT2D eigenvalue weighted by Gasteiger charge is -2.01. The third kappa shape index (κ3) is 2.42. The first-order valence-electron chi connectivity index (χ1n) is 7.35. The molecule has 4 aromatic rings. The van der Waals surface area contributed by atoms with Gasteiger partial charge >= 0.3 is 0 Å². The lowest BCUT2D eigenvalue weighted by atomic mass is 10.1. The van der Waals surface area contributed by atoms with Crippen LogP contribution < -0.4 is 11.1 Å². The topological polar surface area (TPSA) is 80.9 Å². The van der Waals surface area contributed by atoms with Crippen LogP contribution in [0.2, 0.25) is 0 Å². The first kappa shape index (κ1) is 15.0. The minimum atomic E-state index is -0.245. The molecule has 5 nitrogen and oxygen atoms in total. The van der Waals surface area contributed by atoms with Crippen LogP contribution in [-0.2, 0) is 0 Å². The average Bonchev–Trinajstić information content (AvgIpc) is 3.10. The molecule has 0 saturated carbocycles. The van der Waals surface area contributed by atoms with E-state index in [1.807, 2.05) is 38.1 Å². The van der Waals surface area contributed by atoms with Crippen LogP contribution in [0, 0.1) is 13.8 Å². The van der Waals surface area contributed by atoms with E-state index < -0.39 is 0 Å². The average molecular weight is 354 g/mol. The number of hydrogen-bond donors (Lipinski definition) is 2. The summed E-state index contributed by atoms with van der Waals surface area (Å²) in [4.78, 5) is 23.7. The summed E-state index contributed by atoms with van der Waals surface area (Å²) in [5, 5.41) is 5.22. The van der Waals surface area contributed by atoms with Gasteiger partial charge in [0.15, 0.2) is 5.13 Å². The number of nitrogens with one attached hydrogen (secondary N) is 1. The van der Waals surface area contributed by atoms with E-state index in [2.05, 4.69) is 10.3 Å². The summed E-state index contributed by atoms with van der Waals surface area (Å²) in [6.45, 7) is 3.97. The fourth-order valence-electron chi connectivity index (χ4n) is 2.61. The number of hydrogen-bond acceptors (Lipinski definition) is 6. The van der Waals surface area contributed by atoms with Crippen molar-refractivity contribution in [2.75, 3.05) is 11.1 Å². The molecule has 0 spiro atoms. The zero-order chi connectivity index (χ0) is 16.8. The second-order valence-electron chi connectivity index (χ2n) is 5.56. The number of thiophene rings is 1.